The van der Waals surface area contributed by atoms with Gasteiger partial charge < -0.3 is 4.74 Å². The van der Waals surface area contributed by atoms with Crippen LogP contribution in [-0.2, 0) is 6.42 Å². The van der Waals surface area contributed by atoms with E-state index in [1.54, 1.807) is 12.1 Å². The molecular formula is C32H24ClF7O. The topological polar surface area (TPSA) is 9.23 Å². The first-order valence-electron chi connectivity index (χ1n) is 12.8. The van der Waals surface area contributed by atoms with Gasteiger partial charge in [-0.3, -0.25) is 0 Å². The van der Waals surface area contributed by atoms with E-state index in [1.165, 1.54) is 0 Å². The number of aryl methyl sites for hydroxylation is 1. The van der Waals surface area contributed by atoms with Gasteiger partial charge in [-0.2, -0.15) is 8.78 Å². The zero-order valence-electron chi connectivity index (χ0n) is 21.8. The summed E-state index contributed by atoms with van der Waals surface area (Å²) in [5.74, 6) is -3.30. The molecule has 3 aromatic rings. The molecule has 1 aliphatic rings. The van der Waals surface area contributed by atoms with Gasteiger partial charge in [0.1, 0.15) is 29.5 Å². The van der Waals surface area contributed by atoms with Gasteiger partial charge in [0.15, 0.2) is 11.6 Å². The van der Waals surface area contributed by atoms with E-state index < -0.39 is 52.2 Å². The van der Waals surface area contributed by atoms with E-state index in [2.05, 4.69) is 23.5 Å². The van der Waals surface area contributed by atoms with E-state index >= 15 is 0 Å². The zero-order chi connectivity index (χ0) is 29.7. The van der Waals surface area contributed by atoms with Gasteiger partial charge in [-0.1, -0.05) is 55.3 Å². The molecule has 0 heterocycles. The van der Waals surface area contributed by atoms with Gasteiger partial charge in [0.2, 0.25) is 0 Å². The molecule has 2 unspecified atom stereocenters. The van der Waals surface area contributed by atoms with Crippen LogP contribution in [-0.4, -0.2) is 12.3 Å². The molecule has 1 nitrogen and oxygen atoms in total. The van der Waals surface area contributed by atoms with Gasteiger partial charge in [0, 0.05) is 22.8 Å². The van der Waals surface area contributed by atoms with Crippen LogP contribution in [0, 0.1) is 35.2 Å². The molecule has 0 saturated carbocycles. The molecule has 0 fully saturated rings. The number of unbranched alkanes of at least 4 members (excludes halogenated alkanes) is 2. The Bertz CT molecular complexity index is 1510. The molecule has 1 aliphatic carbocycles. The van der Waals surface area contributed by atoms with Gasteiger partial charge in [-0.25, -0.2) is 22.0 Å². The van der Waals surface area contributed by atoms with E-state index in [0.717, 1.165) is 55.5 Å². The smallest absolute Gasteiger partial charge is 0.410 e. The normalized spacial score (nSPS) is 16.9. The molecule has 9 heteroatoms. The van der Waals surface area contributed by atoms with E-state index in [-0.39, 0.29) is 16.7 Å². The Morgan fingerprint density at radius 3 is 2.27 bits per heavy atom. The summed E-state index contributed by atoms with van der Waals surface area (Å²) in [6.07, 6.45) is -1.19. The molecule has 0 N–H and O–H groups in total. The highest BCUT2D eigenvalue weighted by Crippen LogP contribution is 2.41. The number of rotatable bonds is 8. The largest absolute Gasteiger partial charge is 0.432 e. The number of halogens is 8. The standard InChI is InChI=1S/C32H24ClF7O/c1-2-3-4-5-19-6-8-20(9-7-19)10-11-21-14-27(35)30(28(36)15-21)32(39,40)41-23-12-13-24(26(34)18-23)22-16-25(33)31(38)29(37)17-22/h6-9,12-18,27,30H,2-5H2,1H3. The van der Waals surface area contributed by atoms with E-state index in [4.69, 9.17) is 11.6 Å². The number of hydrogen-bond donors (Lipinski definition) is 0. The zero-order valence-corrected chi connectivity index (χ0v) is 22.5. The van der Waals surface area contributed by atoms with Crippen molar-refractivity contribution in [3.05, 3.63) is 112 Å². The van der Waals surface area contributed by atoms with Crippen LogP contribution < -0.4 is 4.74 Å². The second kappa shape index (κ2) is 12.9. The molecule has 2 atom stereocenters. The molecule has 3 aromatic carbocycles. The lowest BCUT2D eigenvalue weighted by atomic mass is 9.92. The van der Waals surface area contributed by atoms with Gasteiger partial charge in [0.25, 0.3) is 0 Å². The fraction of sp³-hybridized carbons (Fsp3) is 0.250. The lowest BCUT2D eigenvalue weighted by molar-refractivity contribution is -0.219. The maximum atomic E-state index is 14.9. The molecule has 41 heavy (non-hydrogen) atoms. The molecule has 0 saturated heterocycles. The number of allylic oxidation sites excluding steroid dienone is 3. The van der Waals surface area contributed by atoms with Crippen LogP contribution in [0.4, 0.5) is 30.7 Å². The molecule has 0 aliphatic heterocycles. The van der Waals surface area contributed by atoms with Crippen molar-refractivity contribution >= 4 is 11.6 Å². The van der Waals surface area contributed by atoms with E-state index in [9.17, 15) is 30.7 Å². The average molecular weight is 593 g/mol. The minimum absolute atomic E-state index is 0.116. The van der Waals surface area contributed by atoms with Crippen LogP contribution >= 0.6 is 11.6 Å². The van der Waals surface area contributed by atoms with Crippen LogP contribution in [0.3, 0.4) is 0 Å². The summed E-state index contributed by atoms with van der Waals surface area (Å²) in [5.41, 5.74) is 1.18. The summed E-state index contributed by atoms with van der Waals surface area (Å²) in [7, 11) is 0. The monoisotopic (exact) mass is 592 g/mol. The van der Waals surface area contributed by atoms with Gasteiger partial charge >= 0.3 is 6.11 Å². The summed E-state index contributed by atoms with van der Waals surface area (Å²) in [6.45, 7) is 2.12. The Balaban J connectivity index is 1.46. The van der Waals surface area contributed by atoms with Crippen LogP contribution in [0.2, 0.25) is 5.02 Å². The minimum atomic E-state index is -4.41. The summed E-state index contributed by atoms with van der Waals surface area (Å²) in [5, 5.41) is -0.604. The van der Waals surface area contributed by atoms with Crippen LogP contribution in [0.25, 0.3) is 11.1 Å². The SMILES string of the molecule is CCCCCc1ccc(C#CC2=CC(F)C(C(F)(F)Oc3ccc(-c4cc(F)c(F)c(Cl)c4)c(F)c3)C(F)=C2)cc1. The third-order valence-corrected chi connectivity index (χ3v) is 6.75. The lowest BCUT2D eigenvalue weighted by Crippen LogP contribution is -2.41. The molecular weight excluding hydrogens is 569 g/mol. The lowest BCUT2D eigenvalue weighted by Gasteiger charge is -2.29. The van der Waals surface area contributed by atoms with Gasteiger partial charge in [-0.05, 0) is 72.5 Å². The summed E-state index contributed by atoms with van der Waals surface area (Å²) >= 11 is 5.59. The molecule has 0 amide bonds. The molecule has 214 valence electrons. The van der Waals surface area contributed by atoms with Crippen molar-refractivity contribution in [3.63, 3.8) is 0 Å². The minimum Gasteiger partial charge on any atom is -0.432 e. The molecule has 0 aromatic heterocycles. The quantitative estimate of drug-likeness (QED) is 0.109. The maximum Gasteiger partial charge on any atom is 0.410 e. The number of hydrogen-bond acceptors (Lipinski definition) is 1. The first-order chi connectivity index (χ1) is 19.5. The third-order valence-electron chi connectivity index (χ3n) is 6.47. The van der Waals surface area contributed by atoms with E-state index in [1.807, 2.05) is 12.1 Å². The number of alkyl halides is 3. The van der Waals surface area contributed by atoms with Crippen molar-refractivity contribution in [2.45, 2.75) is 44.9 Å². The summed E-state index contributed by atoms with van der Waals surface area (Å²) in [4.78, 5) is 0. The van der Waals surface area contributed by atoms with Crippen molar-refractivity contribution in [2.75, 3.05) is 0 Å². The van der Waals surface area contributed by atoms with Crippen molar-refractivity contribution in [1.29, 1.82) is 0 Å². The van der Waals surface area contributed by atoms with Crippen LogP contribution in [0.15, 0.2) is 78.1 Å². The summed E-state index contributed by atoms with van der Waals surface area (Å²) in [6, 6.07) is 11.4. The molecule has 0 bridgehead atoms. The Morgan fingerprint density at radius 1 is 0.902 bits per heavy atom. The third kappa shape index (κ3) is 7.34. The van der Waals surface area contributed by atoms with Crippen LogP contribution in [0.1, 0.15) is 37.3 Å². The first-order valence-corrected chi connectivity index (χ1v) is 13.2. The van der Waals surface area contributed by atoms with Crippen molar-refractivity contribution in [2.24, 2.45) is 5.92 Å². The molecule has 0 radical (unpaired) electrons. The molecule has 0 spiro atoms. The van der Waals surface area contributed by atoms with Gasteiger partial charge in [-0.15, -0.1) is 0 Å². The number of benzene rings is 3. The number of ether oxygens (including phenoxy) is 1. The predicted octanol–water partition coefficient (Wildman–Crippen LogP) is 9.93. The highest BCUT2D eigenvalue weighted by atomic mass is 35.5. The van der Waals surface area contributed by atoms with E-state index in [0.29, 0.717) is 23.8 Å². The predicted molar refractivity (Wildman–Crippen MR) is 145 cm³/mol. The average Bonchev–Trinajstić information content (AvgIpc) is 2.90. The van der Waals surface area contributed by atoms with Crippen molar-refractivity contribution in [3.8, 4) is 28.7 Å². The first kappa shape index (κ1) is 30.3. The van der Waals surface area contributed by atoms with Crippen molar-refractivity contribution in [1.82, 2.24) is 0 Å². The summed E-state index contributed by atoms with van der Waals surface area (Å²) < 4.78 is 106. The second-order valence-electron chi connectivity index (χ2n) is 9.54. The second-order valence-corrected chi connectivity index (χ2v) is 9.94. The Hall–Kier alpha value is -3.70. The van der Waals surface area contributed by atoms with Crippen molar-refractivity contribution < 1.29 is 35.5 Å². The maximum absolute atomic E-state index is 14.9. The Labute approximate surface area is 238 Å². The fourth-order valence-corrected chi connectivity index (χ4v) is 4.54. The highest BCUT2D eigenvalue weighted by Gasteiger charge is 2.51. The Kier molecular flexibility index (Phi) is 9.49. The fourth-order valence-electron chi connectivity index (χ4n) is 4.33. The highest BCUT2D eigenvalue weighted by molar-refractivity contribution is 6.31. The molecule has 4 rings (SSSR count). The van der Waals surface area contributed by atoms with Gasteiger partial charge in [0.05, 0.1) is 5.02 Å². The van der Waals surface area contributed by atoms with Crippen LogP contribution in [0.5, 0.6) is 5.75 Å². The Morgan fingerprint density at radius 2 is 1.63 bits per heavy atom.